The maximum absolute atomic E-state index is 11.5. The Kier molecular flexibility index (Phi) is 5.25. The zero-order valence-electron chi connectivity index (χ0n) is 10.4. The minimum Gasteiger partial charge on any atom is -0.314 e. The number of aromatic nitrogens is 3. The second-order valence-corrected chi connectivity index (χ2v) is 4.05. The van der Waals surface area contributed by atoms with Crippen LogP contribution in [0.25, 0.3) is 0 Å². The molecule has 1 heterocycles. The zero-order valence-corrected chi connectivity index (χ0v) is 10.4. The normalized spacial score (nSPS) is 12.9. The molecule has 0 aliphatic rings. The monoisotopic (exact) mass is 226 g/mol. The quantitative estimate of drug-likeness (QED) is 0.746. The smallest absolute Gasteiger partial charge is 0.314 e. The summed E-state index contributed by atoms with van der Waals surface area (Å²) in [4.78, 5) is 11.5. The van der Waals surface area contributed by atoms with E-state index in [0.29, 0.717) is 12.6 Å². The first-order valence-electron chi connectivity index (χ1n) is 6.00. The first-order valence-corrected chi connectivity index (χ1v) is 6.00. The summed E-state index contributed by atoms with van der Waals surface area (Å²) in [5.74, 6) is 0. The molecule has 5 heteroatoms. The van der Waals surface area contributed by atoms with E-state index in [4.69, 9.17) is 0 Å². The Morgan fingerprint density at radius 3 is 2.75 bits per heavy atom. The lowest BCUT2D eigenvalue weighted by Crippen LogP contribution is -2.29. The Morgan fingerprint density at radius 2 is 2.25 bits per heavy atom. The van der Waals surface area contributed by atoms with E-state index in [2.05, 4.69) is 24.3 Å². The molecule has 0 amide bonds. The lowest BCUT2D eigenvalue weighted by molar-refractivity contribution is 0.435. The molecular weight excluding hydrogens is 204 g/mol. The maximum atomic E-state index is 11.5. The fourth-order valence-corrected chi connectivity index (χ4v) is 1.80. The van der Waals surface area contributed by atoms with Gasteiger partial charge in [0, 0.05) is 19.6 Å². The predicted molar refractivity (Wildman–Crippen MR) is 64.5 cm³/mol. The van der Waals surface area contributed by atoms with E-state index >= 15 is 0 Å². The molecule has 0 saturated heterocycles. The molecular formula is C11H22N4O. The number of hydrogen-bond acceptors (Lipinski definition) is 3. The fourth-order valence-electron chi connectivity index (χ4n) is 1.80. The van der Waals surface area contributed by atoms with Gasteiger partial charge in [-0.2, -0.15) is 5.10 Å². The van der Waals surface area contributed by atoms with E-state index in [0.717, 1.165) is 25.8 Å². The van der Waals surface area contributed by atoms with E-state index in [1.54, 1.807) is 13.4 Å². The Hall–Kier alpha value is -1.10. The highest BCUT2D eigenvalue weighted by Gasteiger charge is 2.05. The van der Waals surface area contributed by atoms with E-state index < -0.39 is 0 Å². The highest BCUT2D eigenvalue weighted by molar-refractivity contribution is 4.67. The Labute approximate surface area is 96.5 Å². The molecule has 1 N–H and O–H groups in total. The zero-order chi connectivity index (χ0) is 12.0. The van der Waals surface area contributed by atoms with Crippen molar-refractivity contribution >= 4 is 0 Å². The van der Waals surface area contributed by atoms with Crippen LogP contribution in [-0.2, 0) is 13.6 Å². The van der Waals surface area contributed by atoms with E-state index in [1.807, 2.05) is 0 Å². The SMILES string of the molecule is CCNC(CC)CCCn1ncn(C)c1=O. The van der Waals surface area contributed by atoms with Gasteiger partial charge in [-0.05, 0) is 25.8 Å². The van der Waals surface area contributed by atoms with Crippen molar-refractivity contribution < 1.29 is 0 Å². The van der Waals surface area contributed by atoms with Gasteiger partial charge in [-0.3, -0.25) is 4.57 Å². The summed E-state index contributed by atoms with van der Waals surface area (Å²) in [7, 11) is 1.72. The number of rotatable bonds is 7. The third kappa shape index (κ3) is 3.48. The van der Waals surface area contributed by atoms with E-state index in [1.165, 1.54) is 9.25 Å². The molecule has 0 bridgehead atoms. The molecule has 92 valence electrons. The van der Waals surface area contributed by atoms with Crippen LogP contribution in [0.5, 0.6) is 0 Å². The molecule has 1 aromatic heterocycles. The molecule has 0 spiro atoms. The number of nitrogens with zero attached hydrogens (tertiary/aromatic N) is 3. The molecule has 5 nitrogen and oxygen atoms in total. The lowest BCUT2D eigenvalue weighted by Gasteiger charge is -2.14. The number of hydrogen-bond donors (Lipinski definition) is 1. The van der Waals surface area contributed by atoms with Gasteiger partial charge in [0.1, 0.15) is 6.33 Å². The standard InChI is InChI=1S/C11H22N4O/c1-4-10(12-5-2)7-6-8-15-11(16)14(3)9-13-15/h9-10,12H,4-8H2,1-3H3. The molecule has 0 aromatic carbocycles. The lowest BCUT2D eigenvalue weighted by atomic mass is 10.1. The molecule has 0 radical (unpaired) electrons. The van der Waals surface area contributed by atoms with Gasteiger partial charge in [-0.25, -0.2) is 9.48 Å². The second-order valence-electron chi connectivity index (χ2n) is 4.05. The van der Waals surface area contributed by atoms with Crippen LogP contribution in [0.15, 0.2) is 11.1 Å². The summed E-state index contributed by atoms with van der Waals surface area (Å²) >= 11 is 0. The Morgan fingerprint density at radius 1 is 1.50 bits per heavy atom. The summed E-state index contributed by atoms with van der Waals surface area (Å²) in [5.41, 5.74) is -0.0310. The molecule has 1 aromatic rings. The van der Waals surface area contributed by atoms with Gasteiger partial charge in [-0.1, -0.05) is 13.8 Å². The number of nitrogens with one attached hydrogen (secondary N) is 1. The average Bonchev–Trinajstić information content (AvgIpc) is 2.59. The van der Waals surface area contributed by atoms with Crippen molar-refractivity contribution in [2.45, 2.75) is 45.7 Å². The molecule has 0 saturated carbocycles. The van der Waals surface area contributed by atoms with Gasteiger partial charge in [0.2, 0.25) is 0 Å². The van der Waals surface area contributed by atoms with Crippen LogP contribution in [-0.4, -0.2) is 26.9 Å². The highest BCUT2D eigenvalue weighted by Crippen LogP contribution is 2.02. The summed E-state index contributed by atoms with van der Waals surface area (Å²) in [6.07, 6.45) is 4.77. The second kappa shape index (κ2) is 6.48. The van der Waals surface area contributed by atoms with E-state index in [9.17, 15) is 4.79 Å². The van der Waals surface area contributed by atoms with Gasteiger partial charge in [0.15, 0.2) is 0 Å². The van der Waals surface area contributed by atoms with Crippen LogP contribution < -0.4 is 11.0 Å². The van der Waals surface area contributed by atoms with Gasteiger partial charge in [-0.15, -0.1) is 0 Å². The fraction of sp³-hybridized carbons (Fsp3) is 0.818. The summed E-state index contributed by atoms with van der Waals surface area (Å²) in [6.45, 7) is 6.01. The third-order valence-corrected chi connectivity index (χ3v) is 2.79. The Bertz CT molecular complexity index is 355. The molecule has 1 rings (SSSR count). The maximum Gasteiger partial charge on any atom is 0.345 e. The van der Waals surface area contributed by atoms with Crippen molar-refractivity contribution in [2.24, 2.45) is 7.05 Å². The van der Waals surface area contributed by atoms with Gasteiger partial charge in [0.05, 0.1) is 0 Å². The van der Waals surface area contributed by atoms with Gasteiger partial charge >= 0.3 is 5.69 Å². The molecule has 0 aliphatic carbocycles. The summed E-state index contributed by atoms with van der Waals surface area (Å²) < 4.78 is 3.03. The third-order valence-electron chi connectivity index (χ3n) is 2.79. The van der Waals surface area contributed by atoms with Crippen LogP contribution in [0.1, 0.15) is 33.1 Å². The van der Waals surface area contributed by atoms with Crippen molar-refractivity contribution in [1.29, 1.82) is 0 Å². The molecule has 1 atom stereocenters. The summed E-state index contributed by atoms with van der Waals surface area (Å²) in [5, 5.41) is 7.46. The Balaban J connectivity index is 2.35. The first-order chi connectivity index (χ1) is 7.69. The van der Waals surface area contributed by atoms with Crippen LogP contribution >= 0.6 is 0 Å². The molecule has 1 unspecified atom stereocenters. The topological polar surface area (TPSA) is 51.9 Å². The van der Waals surface area contributed by atoms with Gasteiger partial charge < -0.3 is 5.32 Å². The van der Waals surface area contributed by atoms with Crippen LogP contribution in [0, 0.1) is 0 Å². The van der Waals surface area contributed by atoms with Crippen molar-refractivity contribution in [1.82, 2.24) is 19.7 Å². The highest BCUT2D eigenvalue weighted by atomic mass is 16.2. The van der Waals surface area contributed by atoms with Crippen molar-refractivity contribution in [3.05, 3.63) is 16.8 Å². The van der Waals surface area contributed by atoms with Crippen molar-refractivity contribution in [2.75, 3.05) is 6.54 Å². The molecule has 0 fully saturated rings. The van der Waals surface area contributed by atoms with Gasteiger partial charge in [0.25, 0.3) is 0 Å². The first kappa shape index (κ1) is 13.0. The number of aryl methyl sites for hydroxylation is 2. The van der Waals surface area contributed by atoms with Crippen LogP contribution in [0.2, 0.25) is 0 Å². The minimum atomic E-state index is -0.0310. The predicted octanol–water partition coefficient (Wildman–Crippen LogP) is 0.750. The average molecular weight is 226 g/mol. The van der Waals surface area contributed by atoms with E-state index in [-0.39, 0.29) is 5.69 Å². The largest absolute Gasteiger partial charge is 0.345 e. The van der Waals surface area contributed by atoms with Crippen LogP contribution in [0.4, 0.5) is 0 Å². The molecule has 0 aliphatic heterocycles. The van der Waals surface area contributed by atoms with Crippen molar-refractivity contribution in [3.8, 4) is 0 Å². The van der Waals surface area contributed by atoms with Crippen molar-refractivity contribution in [3.63, 3.8) is 0 Å². The molecule has 16 heavy (non-hydrogen) atoms. The minimum absolute atomic E-state index is 0.0310. The summed E-state index contributed by atoms with van der Waals surface area (Å²) in [6, 6.07) is 0.560. The van der Waals surface area contributed by atoms with Crippen LogP contribution in [0.3, 0.4) is 0 Å².